The Morgan fingerprint density at radius 3 is 2.27 bits per heavy atom. The highest BCUT2D eigenvalue weighted by Crippen LogP contribution is 2.41. The summed E-state index contributed by atoms with van der Waals surface area (Å²) in [7, 11) is 4.78. The number of fused-ring (bicyclic) bond motifs is 1. The van der Waals surface area contributed by atoms with E-state index in [1.54, 1.807) is 21.3 Å². The summed E-state index contributed by atoms with van der Waals surface area (Å²) in [5.74, 6) is 3.74. The van der Waals surface area contributed by atoms with Crippen molar-refractivity contribution in [2.24, 2.45) is 0 Å². The number of alkyl halides is 1. The third-order valence-corrected chi connectivity index (χ3v) is 5.63. The lowest BCUT2D eigenvalue weighted by atomic mass is 10.0. The zero-order valence-electron chi connectivity index (χ0n) is 19.0. The van der Waals surface area contributed by atoms with E-state index in [-0.39, 0.29) is 0 Å². The molecule has 0 unspecified atom stereocenters. The molecule has 6 nitrogen and oxygen atoms in total. The van der Waals surface area contributed by atoms with Crippen LogP contribution in [0.1, 0.15) is 17.5 Å². The van der Waals surface area contributed by atoms with E-state index in [4.69, 9.17) is 35.5 Å². The lowest BCUT2D eigenvalue weighted by Crippen LogP contribution is -1.99. The van der Waals surface area contributed by atoms with E-state index in [2.05, 4.69) is 23.2 Å². The van der Waals surface area contributed by atoms with Crippen molar-refractivity contribution >= 4 is 22.6 Å². The molecule has 1 aromatic heterocycles. The number of aromatic amines is 1. The predicted molar refractivity (Wildman–Crippen MR) is 131 cm³/mol. The number of ether oxygens (including phenoxy) is 4. The minimum absolute atomic E-state index is 0.541. The van der Waals surface area contributed by atoms with Gasteiger partial charge < -0.3 is 23.9 Å². The van der Waals surface area contributed by atoms with Crippen molar-refractivity contribution in [3.8, 4) is 34.4 Å². The molecule has 172 valence electrons. The molecule has 0 atom stereocenters. The topological polar surface area (TPSA) is 65.6 Å². The third-order valence-electron chi connectivity index (χ3n) is 5.36. The first-order valence-electron chi connectivity index (χ1n) is 10.7. The second kappa shape index (κ2) is 10.5. The molecule has 0 saturated heterocycles. The molecule has 0 aliphatic rings. The van der Waals surface area contributed by atoms with Crippen molar-refractivity contribution in [2.45, 2.75) is 12.8 Å². The quantitative estimate of drug-likeness (QED) is 0.234. The molecule has 0 spiro atoms. The molecule has 0 amide bonds. The first-order valence-corrected chi connectivity index (χ1v) is 11.3. The maximum absolute atomic E-state index is 5.96. The molecule has 1 heterocycles. The zero-order valence-corrected chi connectivity index (χ0v) is 19.7. The zero-order chi connectivity index (χ0) is 23.2. The van der Waals surface area contributed by atoms with Crippen LogP contribution in [0.5, 0.6) is 23.0 Å². The van der Waals surface area contributed by atoms with Gasteiger partial charge in [0, 0.05) is 17.5 Å². The largest absolute Gasteiger partial charge is 0.493 e. The summed E-state index contributed by atoms with van der Waals surface area (Å²) in [5, 5.41) is 0. The molecule has 4 aromatic rings. The Morgan fingerprint density at radius 1 is 0.909 bits per heavy atom. The van der Waals surface area contributed by atoms with Gasteiger partial charge in [-0.1, -0.05) is 30.3 Å². The number of imidazole rings is 1. The number of aromatic nitrogens is 2. The number of H-pyrrole nitrogens is 1. The van der Waals surface area contributed by atoms with E-state index < -0.39 is 0 Å². The van der Waals surface area contributed by atoms with Gasteiger partial charge in [0.2, 0.25) is 5.75 Å². The van der Waals surface area contributed by atoms with Crippen molar-refractivity contribution in [1.82, 2.24) is 9.97 Å². The van der Waals surface area contributed by atoms with Gasteiger partial charge in [-0.25, -0.2) is 4.98 Å². The van der Waals surface area contributed by atoms with Crippen LogP contribution in [0.3, 0.4) is 0 Å². The fourth-order valence-corrected chi connectivity index (χ4v) is 3.90. The van der Waals surface area contributed by atoms with Crippen molar-refractivity contribution in [3.05, 3.63) is 65.7 Å². The Labute approximate surface area is 198 Å². The second-order valence-electron chi connectivity index (χ2n) is 7.53. The van der Waals surface area contributed by atoms with Gasteiger partial charge in [-0.15, -0.1) is 11.6 Å². The molecule has 0 radical (unpaired) electrons. The fraction of sp³-hybridized carbons (Fsp3) is 0.269. The van der Waals surface area contributed by atoms with E-state index in [9.17, 15) is 0 Å². The van der Waals surface area contributed by atoms with Crippen molar-refractivity contribution in [3.63, 3.8) is 0 Å². The second-order valence-corrected chi connectivity index (χ2v) is 7.91. The maximum Gasteiger partial charge on any atom is 0.203 e. The summed E-state index contributed by atoms with van der Waals surface area (Å²) >= 11 is 5.82. The Morgan fingerprint density at radius 2 is 1.64 bits per heavy atom. The number of benzene rings is 3. The molecule has 3 aromatic carbocycles. The van der Waals surface area contributed by atoms with Crippen molar-refractivity contribution in [1.29, 1.82) is 0 Å². The number of hydrogen-bond acceptors (Lipinski definition) is 5. The number of rotatable bonds is 10. The Kier molecular flexibility index (Phi) is 7.25. The van der Waals surface area contributed by atoms with Crippen LogP contribution in [-0.4, -0.2) is 43.8 Å². The molecule has 33 heavy (non-hydrogen) atoms. The smallest absolute Gasteiger partial charge is 0.203 e. The Hall–Kier alpha value is -3.38. The standard InChI is InChI=1S/C26H27ClN2O4/c1-30-22-14-19(15-23(31-2)25(22)32-3)26-28-21-16-20(33-11-7-10-27)13-18(24(21)29-26)12-17-8-5-4-6-9-17/h4-6,8-9,13-16H,7,10-12H2,1-3H3,(H,28,29). The molecule has 0 bridgehead atoms. The van der Waals surface area contributed by atoms with Crippen molar-refractivity contribution in [2.75, 3.05) is 33.8 Å². The van der Waals surface area contributed by atoms with E-state index in [1.165, 1.54) is 5.56 Å². The molecule has 0 fully saturated rings. The van der Waals surface area contributed by atoms with Crippen LogP contribution in [0.4, 0.5) is 0 Å². The predicted octanol–water partition coefficient (Wildman–Crippen LogP) is 5.85. The monoisotopic (exact) mass is 466 g/mol. The number of hydrogen-bond donors (Lipinski definition) is 1. The first-order chi connectivity index (χ1) is 16.2. The molecule has 1 N–H and O–H groups in total. The summed E-state index contributed by atoms with van der Waals surface area (Å²) in [5.41, 5.74) is 4.90. The van der Waals surface area contributed by atoms with Gasteiger partial charge >= 0.3 is 0 Å². The fourth-order valence-electron chi connectivity index (χ4n) is 3.79. The first kappa shape index (κ1) is 22.8. The number of nitrogens with zero attached hydrogens (tertiary/aromatic N) is 1. The molecule has 7 heteroatoms. The summed E-state index contributed by atoms with van der Waals surface area (Å²) in [6, 6.07) is 18.1. The highest BCUT2D eigenvalue weighted by molar-refractivity contribution is 6.17. The van der Waals surface area contributed by atoms with Crippen LogP contribution in [0, 0.1) is 0 Å². The summed E-state index contributed by atoms with van der Waals surface area (Å²) in [6.45, 7) is 0.563. The Bertz CT molecular complexity index is 1200. The normalized spacial score (nSPS) is 10.9. The summed E-state index contributed by atoms with van der Waals surface area (Å²) in [4.78, 5) is 8.38. The van der Waals surface area contributed by atoms with Crippen molar-refractivity contribution < 1.29 is 18.9 Å². The van der Waals surface area contributed by atoms with Crippen LogP contribution in [-0.2, 0) is 6.42 Å². The van der Waals surface area contributed by atoms with Crippen LogP contribution in [0.25, 0.3) is 22.4 Å². The number of halogens is 1. The van der Waals surface area contributed by atoms with Crippen LogP contribution in [0.2, 0.25) is 0 Å². The minimum Gasteiger partial charge on any atom is -0.493 e. The Balaban J connectivity index is 1.80. The van der Waals surface area contributed by atoms with Crippen LogP contribution in [0.15, 0.2) is 54.6 Å². The molecular weight excluding hydrogens is 440 g/mol. The van der Waals surface area contributed by atoms with Gasteiger partial charge in [0.25, 0.3) is 0 Å². The highest BCUT2D eigenvalue weighted by atomic mass is 35.5. The molecule has 0 aliphatic carbocycles. The minimum atomic E-state index is 0.541. The molecular formula is C26H27ClN2O4. The average Bonchev–Trinajstić information content (AvgIpc) is 3.28. The van der Waals surface area contributed by atoms with E-state index >= 15 is 0 Å². The van der Waals surface area contributed by atoms with Gasteiger partial charge in [0.15, 0.2) is 11.5 Å². The lowest BCUT2D eigenvalue weighted by Gasteiger charge is -2.13. The van der Waals surface area contributed by atoms with E-state index in [1.807, 2.05) is 36.4 Å². The van der Waals surface area contributed by atoms with Gasteiger partial charge in [0.1, 0.15) is 11.6 Å². The summed E-state index contributed by atoms with van der Waals surface area (Å²) < 4.78 is 22.4. The maximum atomic E-state index is 5.96. The molecule has 4 rings (SSSR count). The van der Waals surface area contributed by atoms with E-state index in [0.29, 0.717) is 35.6 Å². The van der Waals surface area contributed by atoms with Gasteiger partial charge in [-0.2, -0.15) is 0 Å². The average molecular weight is 467 g/mol. The van der Waals surface area contributed by atoms with Gasteiger partial charge in [0.05, 0.1) is 39.0 Å². The van der Waals surface area contributed by atoms with Crippen LogP contribution < -0.4 is 18.9 Å². The number of methoxy groups -OCH3 is 3. The SMILES string of the molecule is COc1cc(-c2nc3c(Cc4ccccc4)cc(OCCCCl)cc3[nH]2)cc(OC)c1OC. The lowest BCUT2D eigenvalue weighted by molar-refractivity contribution is 0.318. The molecule has 0 saturated carbocycles. The third kappa shape index (κ3) is 5.01. The van der Waals surface area contributed by atoms with Gasteiger partial charge in [-0.3, -0.25) is 0 Å². The van der Waals surface area contributed by atoms with E-state index in [0.717, 1.165) is 40.8 Å². The van der Waals surface area contributed by atoms with Gasteiger partial charge in [-0.05, 0) is 42.2 Å². The summed E-state index contributed by atoms with van der Waals surface area (Å²) in [6.07, 6.45) is 1.52. The van der Waals surface area contributed by atoms with Crippen LogP contribution >= 0.6 is 11.6 Å². The highest BCUT2D eigenvalue weighted by Gasteiger charge is 2.18. The number of nitrogens with one attached hydrogen (secondary N) is 1. The molecule has 0 aliphatic heterocycles.